The molecule has 0 amide bonds. The summed E-state index contributed by atoms with van der Waals surface area (Å²) in [5.41, 5.74) is 8.72. The maximum Gasteiger partial charge on any atom is 0.320 e. The van der Waals surface area contributed by atoms with Crippen molar-refractivity contribution < 1.29 is 33.8 Å². The number of fused-ring (bicyclic) bond motifs is 1. The molecule has 0 bridgehead atoms. The number of anilines is 2. The minimum atomic E-state index is -0.785. The van der Waals surface area contributed by atoms with E-state index in [9.17, 15) is 19.7 Å². The number of nitrogens with zero attached hydrogens (tertiary/aromatic N) is 3. The van der Waals surface area contributed by atoms with Crippen LogP contribution in [0.5, 0.6) is 0 Å². The van der Waals surface area contributed by atoms with Crippen LogP contribution in [0.4, 0.5) is 11.4 Å². The number of hydrogen-bond donors (Lipinski definition) is 2. The molecule has 13 heteroatoms. The highest BCUT2D eigenvalue weighted by molar-refractivity contribution is 6.04. The van der Waals surface area contributed by atoms with Gasteiger partial charge in [0.2, 0.25) is 6.35 Å². The van der Waals surface area contributed by atoms with Gasteiger partial charge in [0.15, 0.2) is 12.1 Å². The number of aliphatic imine (C=N–C) groups is 1. The van der Waals surface area contributed by atoms with Gasteiger partial charge in [-0.2, -0.15) is 0 Å². The van der Waals surface area contributed by atoms with Crippen LogP contribution in [0, 0.1) is 10.1 Å². The lowest BCUT2D eigenvalue weighted by atomic mass is 9.98. The van der Waals surface area contributed by atoms with E-state index in [0.717, 1.165) is 46.3 Å². The zero-order valence-corrected chi connectivity index (χ0v) is 24.9. The van der Waals surface area contributed by atoms with E-state index in [1.165, 1.54) is 0 Å². The molecule has 0 fully saturated rings. The number of rotatable bonds is 15. The first-order valence-corrected chi connectivity index (χ1v) is 14.0. The number of hydrogen-bond acceptors (Lipinski definition) is 11. The summed E-state index contributed by atoms with van der Waals surface area (Å²) in [5.74, 6) is 0.451. The van der Waals surface area contributed by atoms with E-state index in [-0.39, 0.29) is 13.0 Å². The van der Waals surface area contributed by atoms with Crippen LogP contribution >= 0.6 is 0 Å². The molecule has 1 atom stereocenters. The van der Waals surface area contributed by atoms with Crippen molar-refractivity contribution in [2.45, 2.75) is 32.7 Å². The number of unbranched alkanes of at least 4 members (excludes halogenated alkanes) is 1. The average molecular weight is 608 g/mol. The van der Waals surface area contributed by atoms with E-state index in [2.05, 4.69) is 37.7 Å². The number of ether oxygens (including phenoxy) is 2. The molecule has 0 saturated carbocycles. The van der Waals surface area contributed by atoms with Gasteiger partial charge in [0.25, 0.3) is 5.09 Å². The topological polar surface area (TPSA) is 154 Å². The molecule has 1 unspecified atom stereocenters. The highest BCUT2D eigenvalue weighted by Gasteiger charge is 2.31. The second-order valence-corrected chi connectivity index (χ2v) is 9.33. The van der Waals surface area contributed by atoms with E-state index in [4.69, 9.17) is 14.3 Å². The van der Waals surface area contributed by atoms with Gasteiger partial charge < -0.3 is 29.4 Å². The minimum absolute atomic E-state index is 0.163. The summed E-state index contributed by atoms with van der Waals surface area (Å²) >= 11 is 0. The molecule has 3 aromatic carbocycles. The largest absolute Gasteiger partial charge is 0.385 e. The molecule has 0 aliphatic carbocycles. The van der Waals surface area contributed by atoms with Crippen LogP contribution in [0.25, 0.3) is 11.1 Å². The number of nitrogens with one attached hydrogen (secondary N) is 2. The van der Waals surface area contributed by atoms with Crippen LogP contribution in [-0.4, -0.2) is 64.0 Å². The zero-order valence-electron chi connectivity index (χ0n) is 24.9. The molecule has 1 aliphatic heterocycles. The minimum Gasteiger partial charge on any atom is -0.385 e. The molecule has 0 spiro atoms. The van der Waals surface area contributed by atoms with Gasteiger partial charge in [-0.1, -0.05) is 54.6 Å². The van der Waals surface area contributed by atoms with E-state index in [1.807, 2.05) is 61.5 Å². The fourth-order valence-electron chi connectivity index (χ4n) is 4.59. The number of para-hydroxylation sites is 1. The predicted molar refractivity (Wildman–Crippen MR) is 166 cm³/mol. The maximum absolute atomic E-state index is 11.7. The molecule has 0 saturated heterocycles. The van der Waals surface area contributed by atoms with Gasteiger partial charge in [-0.25, -0.2) is 5.48 Å². The number of methoxy groups -OCH3 is 1. The fraction of sp³-hybridized carbons (Fsp3) is 0.323. The summed E-state index contributed by atoms with van der Waals surface area (Å²) in [6.45, 7) is 4.15. The van der Waals surface area contributed by atoms with Gasteiger partial charge in [-0.05, 0) is 48.6 Å². The number of carbonyl (C=O) groups is 2. The van der Waals surface area contributed by atoms with E-state index in [1.54, 1.807) is 14.2 Å². The third kappa shape index (κ3) is 9.24. The van der Waals surface area contributed by atoms with Crippen LogP contribution < -0.4 is 15.7 Å². The zero-order chi connectivity index (χ0) is 31.7. The standard InChI is InChI=1S/C26H26N4O4.C5H11NO4/c1-3-33-26-28-23-10-6-7-20(16-31)24(23)30(26)15-18-11-13-19(14-12-18)21-8-4-5-9-22(21)25(27-2)29-34-17-32;1-9-4-2-3-5-10-6(7)8/h4-14,16-17,26,28H,3,15H2,1-2H3,(H,27,29);2-5H2,1H3. The second kappa shape index (κ2) is 17.8. The molecule has 1 heterocycles. The summed E-state index contributed by atoms with van der Waals surface area (Å²) in [6, 6.07) is 21.5. The van der Waals surface area contributed by atoms with Crippen molar-refractivity contribution in [3.8, 4) is 11.1 Å². The van der Waals surface area contributed by atoms with Crippen molar-refractivity contribution in [2.75, 3.05) is 44.2 Å². The van der Waals surface area contributed by atoms with Crippen molar-refractivity contribution in [3.63, 3.8) is 0 Å². The van der Waals surface area contributed by atoms with Crippen molar-refractivity contribution in [3.05, 3.63) is 93.5 Å². The molecule has 234 valence electrons. The molecule has 1 aliphatic rings. The average Bonchev–Trinajstić information content (AvgIpc) is 3.39. The summed E-state index contributed by atoms with van der Waals surface area (Å²) in [6.07, 6.45) is 1.98. The number of benzene rings is 3. The quantitative estimate of drug-likeness (QED) is 0.0622. The highest BCUT2D eigenvalue weighted by atomic mass is 16.9. The predicted octanol–water partition coefficient (Wildman–Crippen LogP) is 4.59. The first kappa shape index (κ1) is 33.5. The molecule has 4 rings (SSSR count). The van der Waals surface area contributed by atoms with Crippen molar-refractivity contribution >= 4 is 30.0 Å². The lowest BCUT2D eigenvalue weighted by Crippen LogP contribution is -2.37. The Labute approximate surface area is 255 Å². The summed E-state index contributed by atoms with van der Waals surface area (Å²) < 4.78 is 10.6. The van der Waals surface area contributed by atoms with E-state index in [0.29, 0.717) is 44.1 Å². The summed E-state index contributed by atoms with van der Waals surface area (Å²) in [5, 5.41) is 12.1. The van der Waals surface area contributed by atoms with Gasteiger partial charge in [-0.3, -0.25) is 14.6 Å². The Hall–Kier alpha value is -5.01. The highest BCUT2D eigenvalue weighted by Crippen LogP contribution is 2.38. The number of hydroxylamine groups is 1. The summed E-state index contributed by atoms with van der Waals surface area (Å²) in [4.78, 5) is 46.9. The normalized spacial score (nSPS) is 13.6. The van der Waals surface area contributed by atoms with E-state index >= 15 is 0 Å². The molecular formula is C31H37N5O8. The molecule has 44 heavy (non-hydrogen) atoms. The molecule has 0 aromatic heterocycles. The van der Waals surface area contributed by atoms with Crippen LogP contribution in [0.3, 0.4) is 0 Å². The molecular weight excluding hydrogens is 570 g/mol. The van der Waals surface area contributed by atoms with Crippen molar-refractivity contribution in [1.82, 2.24) is 5.48 Å². The van der Waals surface area contributed by atoms with E-state index < -0.39 is 5.09 Å². The third-order valence-electron chi connectivity index (χ3n) is 6.53. The number of aldehydes is 1. The third-order valence-corrected chi connectivity index (χ3v) is 6.53. The Kier molecular flexibility index (Phi) is 13.6. The number of carbonyl (C=O) groups excluding carboxylic acids is 2. The first-order chi connectivity index (χ1) is 21.5. The van der Waals surface area contributed by atoms with Gasteiger partial charge in [0, 0.05) is 45.0 Å². The molecule has 2 N–H and O–H groups in total. The van der Waals surface area contributed by atoms with Gasteiger partial charge in [-0.15, -0.1) is 10.1 Å². The summed E-state index contributed by atoms with van der Waals surface area (Å²) in [7, 11) is 3.22. The van der Waals surface area contributed by atoms with Gasteiger partial charge in [0.05, 0.1) is 18.0 Å². The van der Waals surface area contributed by atoms with Gasteiger partial charge >= 0.3 is 6.47 Å². The molecule has 3 aromatic rings. The van der Waals surface area contributed by atoms with Gasteiger partial charge in [0.1, 0.15) is 0 Å². The lowest BCUT2D eigenvalue weighted by molar-refractivity contribution is -0.757. The Morgan fingerprint density at radius 3 is 2.48 bits per heavy atom. The lowest BCUT2D eigenvalue weighted by Gasteiger charge is -2.27. The first-order valence-electron chi connectivity index (χ1n) is 14.0. The molecule has 0 radical (unpaired) electrons. The fourth-order valence-corrected chi connectivity index (χ4v) is 4.59. The van der Waals surface area contributed by atoms with Crippen molar-refractivity contribution in [1.29, 1.82) is 0 Å². The Bertz CT molecular complexity index is 1400. The number of amidine groups is 1. The van der Waals surface area contributed by atoms with Crippen LogP contribution in [0.1, 0.15) is 41.3 Å². The Morgan fingerprint density at radius 1 is 1.07 bits per heavy atom. The van der Waals surface area contributed by atoms with Crippen LogP contribution in [-0.2, 0) is 30.5 Å². The van der Waals surface area contributed by atoms with Crippen molar-refractivity contribution in [2.24, 2.45) is 4.99 Å². The van der Waals surface area contributed by atoms with Crippen LogP contribution in [0.15, 0.2) is 71.7 Å². The monoisotopic (exact) mass is 607 g/mol. The maximum atomic E-state index is 11.7. The second-order valence-electron chi connectivity index (χ2n) is 9.33. The Morgan fingerprint density at radius 2 is 1.82 bits per heavy atom. The molecule has 13 nitrogen and oxygen atoms in total. The smallest absolute Gasteiger partial charge is 0.320 e. The Balaban J connectivity index is 0.000000456. The van der Waals surface area contributed by atoms with Crippen LogP contribution in [0.2, 0.25) is 0 Å². The SMILES string of the molecule is CCOC1Nc2cccc(C=O)c2N1Cc1ccc(-c2ccccc2C(=NC)NOC=O)cc1.COCCCCO[N+](=O)[O-].